The van der Waals surface area contributed by atoms with E-state index in [2.05, 4.69) is 41.4 Å². The van der Waals surface area contributed by atoms with E-state index in [-0.39, 0.29) is 71.5 Å². The summed E-state index contributed by atoms with van der Waals surface area (Å²) in [6, 6.07) is 24.7. The zero-order valence-electron chi connectivity index (χ0n) is 48.4. The third-order valence-corrected chi connectivity index (χ3v) is 15.6. The minimum atomic E-state index is -5.23. The number of amidine groups is 1. The fourth-order valence-corrected chi connectivity index (χ4v) is 12.1. The van der Waals surface area contributed by atoms with Crippen LogP contribution in [-0.4, -0.2) is 112 Å². The van der Waals surface area contributed by atoms with Gasteiger partial charge in [0.25, 0.3) is 0 Å². The number of alkyl carbamates (subject to hydrolysis) is 3. The van der Waals surface area contributed by atoms with Gasteiger partial charge >= 0.3 is 18.3 Å². The second kappa shape index (κ2) is 25.9. The lowest BCUT2D eigenvalue weighted by Gasteiger charge is -2.28. The van der Waals surface area contributed by atoms with Crippen LogP contribution in [0.25, 0.3) is 22.2 Å². The number of carbonyl (C=O) groups is 3. The van der Waals surface area contributed by atoms with Crippen LogP contribution in [0.1, 0.15) is 90.4 Å². The third kappa shape index (κ3) is 16.9. The highest BCUT2D eigenvalue weighted by atomic mass is 32.2. The average molecular weight is 1180 g/mol. The summed E-state index contributed by atoms with van der Waals surface area (Å²) >= 11 is 0. The van der Waals surface area contributed by atoms with Crippen molar-refractivity contribution in [1.29, 1.82) is 0 Å². The molecule has 0 fully saturated rings. The monoisotopic (exact) mass is 1180 g/mol. The van der Waals surface area contributed by atoms with Crippen molar-refractivity contribution < 1.29 is 59.6 Å². The van der Waals surface area contributed by atoms with E-state index in [1.54, 1.807) is 147 Å². The van der Waals surface area contributed by atoms with E-state index in [9.17, 15) is 14.4 Å². The number of methoxy groups -OCH3 is 3. The SMILES string of the molecule is COc1ccc(CN(Cc2ccc(OC)cc2)S(=O)(=O)c2c(S(=O)(=O)NC(CNC(=O)OC(C)(C)C)CNC(=O)OC(C)(C)C)ccc(-c3cccc4[nH]c(CNC(=O)OC(C)(C)C)nc34)c2C2=N/c3cc(ccc3OC)CN/N=N\2)cc1. The molecule has 0 saturated carbocycles. The first-order valence-electron chi connectivity index (χ1n) is 26.3. The molecule has 0 unspecified atom stereocenters. The van der Waals surface area contributed by atoms with Gasteiger partial charge in [-0.2, -0.15) is 4.31 Å². The molecule has 1 aromatic heterocycles. The molecule has 0 radical (unpaired) electrons. The number of hydrogen-bond acceptors (Lipinski definition) is 18. The zero-order chi connectivity index (χ0) is 60.5. The summed E-state index contributed by atoms with van der Waals surface area (Å²) in [5.74, 6) is 1.16. The molecule has 2 heterocycles. The van der Waals surface area contributed by atoms with E-state index in [1.165, 1.54) is 27.4 Å². The molecule has 1 aliphatic heterocycles. The Bertz CT molecular complexity index is 3530. The van der Waals surface area contributed by atoms with Gasteiger partial charge in [0.1, 0.15) is 55.4 Å². The Morgan fingerprint density at radius 1 is 0.663 bits per heavy atom. The van der Waals surface area contributed by atoms with Gasteiger partial charge in [-0.1, -0.05) is 53.8 Å². The van der Waals surface area contributed by atoms with Crippen LogP contribution in [0, 0.1) is 0 Å². The highest BCUT2D eigenvalue weighted by Crippen LogP contribution is 2.41. The molecular weight excluding hydrogens is 1110 g/mol. The van der Waals surface area contributed by atoms with Crippen molar-refractivity contribution in [3.05, 3.63) is 125 Å². The van der Waals surface area contributed by atoms with Crippen LogP contribution in [0.15, 0.2) is 122 Å². The number of para-hydroxylation sites is 1. The standard InChI is InChI=1S/C57H71N11O13S2/c1-55(2,3)79-52(69)58-30-38(31-59-53(70)80-56(4,5)6)66-82(72,73)46-27-25-41(42-14-13-15-43-49(42)64-47(62-43)32-60-54(71)81-57(7,8)9)48(51-63-44-28-37(29-61-67-65-51)20-26-45(44)78-12)50(46)83(74,75)68(33-35-16-21-39(76-10)22-17-35)34-36-18-23-40(77-11)24-19-36/h13-28,38,66H,29-34H2,1-12H3,(H,58,69)(H,59,70)(H,60,71)(H,62,64)(H,61,63,65). The van der Waals surface area contributed by atoms with Crippen LogP contribution in [0.5, 0.6) is 17.2 Å². The number of aromatic amines is 1. The predicted molar refractivity (Wildman–Crippen MR) is 310 cm³/mol. The van der Waals surface area contributed by atoms with Crippen LogP contribution >= 0.6 is 0 Å². The molecule has 83 heavy (non-hydrogen) atoms. The number of aromatic nitrogens is 2. The van der Waals surface area contributed by atoms with Crippen molar-refractivity contribution in [1.82, 2.24) is 40.4 Å². The molecular formula is C57H71N11O13S2. The molecule has 6 aromatic rings. The first kappa shape index (κ1) is 62.3. The normalized spacial score (nSPS) is 14.0. The Labute approximate surface area is 483 Å². The van der Waals surface area contributed by atoms with Crippen LogP contribution in [0.4, 0.5) is 20.1 Å². The van der Waals surface area contributed by atoms with E-state index in [4.69, 9.17) is 38.4 Å². The summed E-state index contributed by atoms with van der Waals surface area (Å²) in [6.45, 7) is 13.5. The second-order valence-electron chi connectivity index (χ2n) is 22.1. The highest BCUT2D eigenvalue weighted by molar-refractivity contribution is 7.92. The maximum Gasteiger partial charge on any atom is 0.408 e. The van der Waals surface area contributed by atoms with Gasteiger partial charge in [0.05, 0.1) is 57.1 Å². The first-order chi connectivity index (χ1) is 39.0. The van der Waals surface area contributed by atoms with E-state index >= 15 is 16.8 Å². The van der Waals surface area contributed by atoms with E-state index in [0.29, 0.717) is 33.7 Å². The van der Waals surface area contributed by atoms with E-state index in [0.717, 1.165) is 10.4 Å². The minimum absolute atomic E-state index is 0.0712. The molecule has 1 aliphatic rings. The molecule has 3 amide bonds. The van der Waals surface area contributed by atoms with Gasteiger partial charge in [-0.05, 0) is 133 Å². The number of carbonyl (C=O) groups excluding carboxylic acids is 3. The topological polar surface area (TPSA) is 304 Å². The fraction of sp³-hybridized carbons (Fsp3) is 0.386. The number of aliphatic imine (C=N–C) groups is 1. The van der Waals surface area contributed by atoms with Crippen LogP contribution < -0.4 is 40.3 Å². The lowest BCUT2D eigenvalue weighted by Crippen LogP contribution is -2.51. The van der Waals surface area contributed by atoms with Crippen LogP contribution in [0.3, 0.4) is 0 Å². The molecule has 2 bridgehead atoms. The summed E-state index contributed by atoms with van der Waals surface area (Å²) in [5.41, 5.74) is 2.78. The maximum absolute atomic E-state index is 16.7. The maximum atomic E-state index is 16.7. The number of benzene rings is 5. The number of ether oxygens (including phenoxy) is 6. The van der Waals surface area contributed by atoms with Crippen LogP contribution in [-0.2, 0) is 60.4 Å². The summed E-state index contributed by atoms with van der Waals surface area (Å²) < 4.78 is 102. The number of nitrogens with zero attached hydrogens (tertiary/aromatic N) is 5. The number of rotatable bonds is 20. The van der Waals surface area contributed by atoms with Crippen molar-refractivity contribution in [2.24, 2.45) is 15.3 Å². The third-order valence-electron chi connectivity index (χ3n) is 12.0. The molecule has 5 aromatic carbocycles. The van der Waals surface area contributed by atoms with E-state index < -0.39 is 84.1 Å². The average Bonchev–Trinajstić information content (AvgIpc) is 1.96. The first-order valence-corrected chi connectivity index (χ1v) is 29.2. The molecule has 0 spiro atoms. The van der Waals surface area contributed by atoms with Gasteiger partial charge in [-0.25, -0.2) is 45.9 Å². The number of fused-ring (bicyclic) bond motifs is 3. The van der Waals surface area contributed by atoms with Crippen molar-refractivity contribution in [2.45, 2.75) is 121 Å². The molecule has 6 N–H and O–H groups in total. The highest BCUT2D eigenvalue weighted by Gasteiger charge is 2.39. The quantitative estimate of drug-likeness (QED) is 0.0389. The Morgan fingerprint density at radius 3 is 1.75 bits per heavy atom. The molecule has 444 valence electrons. The zero-order valence-corrected chi connectivity index (χ0v) is 50.1. The summed E-state index contributed by atoms with van der Waals surface area (Å²) in [5, 5.41) is 16.6. The number of H-pyrrole nitrogens is 1. The number of hydrogen-bond donors (Lipinski definition) is 6. The Balaban J connectivity index is 1.55. The molecule has 0 aliphatic carbocycles. The largest absolute Gasteiger partial charge is 0.497 e. The summed E-state index contributed by atoms with van der Waals surface area (Å²) in [7, 11) is -5.97. The number of sulfonamides is 2. The Morgan fingerprint density at radius 2 is 1.22 bits per heavy atom. The molecule has 0 atom stereocenters. The van der Waals surface area contributed by atoms with Gasteiger partial charge in [-0.3, -0.25) is 5.43 Å². The van der Waals surface area contributed by atoms with Gasteiger partial charge in [0.2, 0.25) is 20.0 Å². The van der Waals surface area contributed by atoms with Gasteiger partial charge in [0, 0.05) is 31.7 Å². The molecule has 26 heteroatoms. The summed E-state index contributed by atoms with van der Waals surface area (Å²) in [4.78, 5) is 50.6. The number of amides is 3. The number of nitrogens with one attached hydrogen (secondary N) is 6. The van der Waals surface area contributed by atoms with Gasteiger partial charge in [-0.15, -0.1) is 5.11 Å². The van der Waals surface area contributed by atoms with Crippen molar-refractivity contribution in [3.63, 3.8) is 0 Å². The summed E-state index contributed by atoms with van der Waals surface area (Å²) in [6.07, 6.45) is -2.51. The molecule has 7 rings (SSSR count). The van der Waals surface area contributed by atoms with Crippen molar-refractivity contribution >= 4 is 60.9 Å². The van der Waals surface area contributed by atoms with E-state index in [1.807, 2.05) is 0 Å². The van der Waals surface area contributed by atoms with Gasteiger partial charge in [0.15, 0.2) is 5.84 Å². The minimum Gasteiger partial charge on any atom is -0.497 e. The predicted octanol–water partition coefficient (Wildman–Crippen LogP) is 8.92. The fourth-order valence-electron chi connectivity index (χ4n) is 8.42. The van der Waals surface area contributed by atoms with Crippen molar-refractivity contribution in [2.75, 3.05) is 34.4 Å². The second-order valence-corrected chi connectivity index (χ2v) is 25.6. The smallest absolute Gasteiger partial charge is 0.408 e. The number of imidazole rings is 1. The van der Waals surface area contributed by atoms with Gasteiger partial charge < -0.3 is 49.4 Å². The van der Waals surface area contributed by atoms with Crippen LogP contribution in [0.2, 0.25) is 0 Å². The Kier molecular flexibility index (Phi) is 19.4. The molecule has 24 nitrogen and oxygen atoms in total. The van der Waals surface area contributed by atoms with Crippen molar-refractivity contribution in [3.8, 4) is 28.4 Å². The lowest BCUT2D eigenvalue weighted by atomic mass is 9.97. The molecule has 0 saturated heterocycles. The lowest BCUT2D eigenvalue weighted by molar-refractivity contribution is 0.0504. The Hall–Kier alpha value is -8.33.